The number of aromatic nitrogens is 1. The van der Waals surface area contributed by atoms with Crippen molar-refractivity contribution in [3.8, 4) is 0 Å². The molecular weight excluding hydrogens is 280 g/mol. The molecule has 0 aliphatic carbocycles. The number of nitrogens with one attached hydrogen (secondary N) is 2. The molecule has 0 spiro atoms. The second kappa shape index (κ2) is 6.53. The van der Waals surface area contributed by atoms with Gasteiger partial charge in [0.2, 0.25) is 15.9 Å². The summed E-state index contributed by atoms with van der Waals surface area (Å²) in [5.74, 6) is -0.132. The molecule has 18 heavy (non-hydrogen) atoms. The van der Waals surface area contributed by atoms with Crippen LogP contribution < -0.4 is 15.8 Å². The van der Waals surface area contributed by atoms with E-state index < -0.39 is 22.0 Å². The number of hydrogen-bond acceptors (Lipinski definition) is 5. The van der Waals surface area contributed by atoms with Crippen LogP contribution in [0.15, 0.2) is 18.3 Å². The molecule has 0 saturated heterocycles. The minimum atomic E-state index is -3.41. The molecule has 1 rings (SSSR count). The molecule has 1 heterocycles. The molecule has 9 heteroatoms. The Morgan fingerprint density at radius 3 is 2.50 bits per heavy atom. The first-order chi connectivity index (χ1) is 7.78. The van der Waals surface area contributed by atoms with Crippen LogP contribution in [-0.4, -0.2) is 31.6 Å². The van der Waals surface area contributed by atoms with E-state index in [0.29, 0.717) is 11.5 Å². The van der Waals surface area contributed by atoms with Gasteiger partial charge in [0.25, 0.3) is 0 Å². The fourth-order valence-electron chi connectivity index (χ4n) is 1.10. The highest BCUT2D eigenvalue weighted by Gasteiger charge is 2.16. The van der Waals surface area contributed by atoms with Gasteiger partial charge in [-0.15, -0.1) is 12.4 Å². The van der Waals surface area contributed by atoms with Crippen LogP contribution in [0.25, 0.3) is 0 Å². The van der Waals surface area contributed by atoms with Crippen LogP contribution in [0, 0.1) is 0 Å². The Balaban J connectivity index is 0.00000289. The largest absolute Gasteiger partial charge is 0.384 e. The van der Waals surface area contributed by atoms with E-state index >= 15 is 0 Å². The summed E-state index contributed by atoms with van der Waals surface area (Å²) in [6.45, 7) is 1.45. The standard InChI is InChI=1S/C9H14N4O3S.ClH/c1-6(13-17(2,15)16)9(14)12-7-3-4-8(10)11-5-7;/h3-6,13H,1-2H3,(H2,10,11)(H,12,14);1H. The van der Waals surface area contributed by atoms with Crippen LogP contribution in [0.1, 0.15) is 6.92 Å². The molecule has 0 fully saturated rings. The van der Waals surface area contributed by atoms with E-state index in [9.17, 15) is 13.2 Å². The number of nitrogens with two attached hydrogens (primary N) is 1. The molecule has 0 radical (unpaired) electrons. The Bertz CT molecular complexity index is 503. The fourth-order valence-corrected chi connectivity index (χ4v) is 1.85. The predicted molar refractivity (Wildman–Crippen MR) is 72.0 cm³/mol. The van der Waals surface area contributed by atoms with Crippen molar-refractivity contribution in [3.05, 3.63) is 18.3 Å². The molecule has 1 aromatic heterocycles. The number of nitrogen functional groups attached to an aromatic ring is 1. The zero-order valence-electron chi connectivity index (χ0n) is 9.88. The topological polar surface area (TPSA) is 114 Å². The van der Waals surface area contributed by atoms with Gasteiger partial charge in [-0.3, -0.25) is 4.79 Å². The zero-order valence-corrected chi connectivity index (χ0v) is 11.5. The van der Waals surface area contributed by atoms with E-state index in [0.717, 1.165) is 6.26 Å². The van der Waals surface area contributed by atoms with Crippen LogP contribution in [-0.2, 0) is 14.8 Å². The second-order valence-corrected chi connectivity index (χ2v) is 5.35. The lowest BCUT2D eigenvalue weighted by atomic mass is 10.3. The van der Waals surface area contributed by atoms with Crippen LogP contribution in [0.2, 0.25) is 0 Å². The van der Waals surface area contributed by atoms with Crippen molar-refractivity contribution in [3.63, 3.8) is 0 Å². The Morgan fingerprint density at radius 1 is 1.44 bits per heavy atom. The van der Waals surface area contributed by atoms with E-state index in [1.165, 1.54) is 19.2 Å². The smallest absolute Gasteiger partial charge is 0.242 e. The molecule has 1 unspecified atom stereocenters. The minimum Gasteiger partial charge on any atom is -0.384 e. The predicted octanol–water partition coefficient (Wildman–Crippen LogP) is -0.0382. The lowest BCUT2D eigenvalue weighted by Gasteiger charge is -2.12. The van der Waals surface area contributed by atoms with E-state index in [1.54, 1.807) is 6.07 Å². The SMILES string of the molecule is CC(NS(C)(=O)=O)C(=O)Nc1ccc(N)nc1.Cl. The average Bonchev–Trinajstić information content (AvgIpc) is 2.19. The summed E-state index contributed by atoms with van der Waals surface area (Å²) >= 11 is 0. The molecule has 0 aliphatic rings. The third-order valence-corrected chi connectivity index (χ3v) is 2.62. The fraction of sp³-hybridized carbons (Fsp3) is 0.333. The molecule has 102 valence electrons. The van der Waals surface area contributed by atoms with Gasteiger partial charge in [-0.1, -0.05) is 0 Å². The summed E-state index contributed by atoms with van der Waals surface area (Å²) in [7, 11) is -3.41. The molecule has 1 atom stereocenters. The third-order valence-electron chi connectivity index (χ3n) is 1.84. The van der Waals surface area contributed by atoms with E-state index in [4.69, 9.17) is 5.73 Å². The lowest BCUT2D eigenvalue weighted by molar-refractivity contribution is -0.117. The van der Waals surface area contributed by atoms with Gasteiger partial charge in [-0.05, 0) is 19.1 Å². The minimum absolute atomic E-state index is 0. The monoisotopic (exact) mass is 294 g/mol. The maximum absolute atomic E-state index is 11.6. The number of hydrogen-bond donors (Lipinski definition) is 3. The first kappa shape index (κ1) is 16.6. The Hall–Kier alpha value is -1.38. The van der Waals surface area contributed by atoms with Crippen LogP contribution >= 0.6 is 12.4 Å². The van der Waals surface area contributed by atoms with Gasteiger partial charge in [-0.25, -0.2) is 18.1 Å². The van der Waals surface area contributed by atoms with Gasteiger partial charge in [0.05, 0.1) is 24.2 Å². The first-order valence-electron chi connectivity index (χ1n) is 4.77. The van der Waals surface area contributed by atoms with Gasteiger partial charge in [0, 0.05) is 0 Å². The number of carbonyl (C=O) groups excluding carboxylic acids is 1. The molecule has 7 nitrogen and oxygen atoms in total. The summed E-state index contributed by atoms with van der Waals surface area (Å²) in [5.41, 5.74) is 5.84. The summed E-state index contributed by atoms with van der Waals surface area (Å²) in [5, 5.41) is 2.51. The number of nitrogens with zero attached hydrogens (tertiary/aromatic N) is 1. The van der Waals surface area contributed by atoms with Crippen molar-refractivity contribution >= 4 is 39.8 Å². The van der Waals surface area contributed by atoms with E-state index in [-0.39, 0.29) is 12.4 Å². The summed E-state index contributed by atoms with van der Waals surface area (Å²) in [4.78, 5) is 15.4. The van der Waals surface area contributed by atoms with Gasteiger partial charge in [0.15, 0.2) is 0 Å². The summed E-state index contributed by atoms with van der Waals surface area (Å²) < 4.78 is 24.0. The average molecular weight is 295 g/mol. The first-order valence-corrected chi connectivity index (χ1v) is 6.67. The van der Waals surface area contributed by atoms with Crippen LogP contribution in [0.4, 0.5) is 11.5 Å². The molecule has 0 bridgehead atoms. The van der Waals surface area contributed by atoms with Gasteiger partial charge < -0.3 is 11.1 Å². The highest BCUT2D eigenvalue weighted by Crippen LogP contribution is 2.07. The quantitative estimate of drug-likeness (QED) is 0.721. The normalized spacial score (nSPS) is 12.3. The number of anilines is 2. The lowest BCUT2D eigenvalue weighted by Crippen LogP contribution is -2.41. The number of pyridine rings is 1. The summed E-state index contributed by atoms with van der Waals surface area (Å²) in [6.07, 6.45) is 2.38. The van der Waals surface area contributed by atoms with Crippen LogP contribution in [0.5, 0.6) is 0 Å². The Labute approximate surface area is 112 Å². The molecule has 1 aromatic rings. The van der Waals surface area contributed by atoms with E-state index in [1.807, 2.05) is 0 Å². The number of rotatable bonds is 4. The zero-order chi connectivity index (χ0) is 13.1. The van der Waals surface area contributed by atoms with Crippen molar-refractivity contribution in [2.75, 3.05) is 17.3 Å². The molecular formula is C9H15ClN4O3S. The molecule has 1 amide bonds. The molecule has 4 N–H and O–H groups in total. The second-order valence-electron chi connectivity index (χ2n) is 3.57. The van der Waals surface area contributed by atoms with Gasteiger partial charge in [-0.2, -0.15) is 0 Å². The summed E-state index contributed by atoms with van der Waals surface area (Å²) in [6, 6.07) is 2.25. The van der Waals surface area contributed by atoms with Gasteiger partial charge in [0.1, 0.15) is 5.82 Å². The Morgan fingerprint density at radius 2 is 2.06 bits per heavy atom. The number of halogens is 1. The number of sulfonamides is 1. The van der Waals surface area contributed by atoms with E-state index in [2.05, 4.69) is 15.0 Å². The number of carbonyl (C=O) groups is 1. The Kier molecular flexibility index (Phi) is 6.02. The maximum atomic E-state index is 11.6. The third kappa shape index (κ3) is 5.80. The van der Waals surface area contributed by atoms with Crippen LogP contribution in [0.3, 0.4) is 0 Å². The highest BCUT2D eigenvalue weighted by atomic mass is 35.5. The highest BCUT2D eigenvalue weighted by molar-refractivity contribution is 7.88. The van der Waals surface area contributed by atoms with Crippen molar-refractivity contribution < 1.29 is 13.2 Å². The van der Waals surface area contributed by atoms with Crippen molar-refractivity contribution in [1.82, 2.24) is 9.71 Å². The molecule has 0 saturated carbocycles. The molecule has 0 aliphatic heterocycles. The maximum Gasteiger partial charge on any atom is 0.242 e. The van der Waals surface area contributed by atoms with Gasteiger partial charge >= 0.3 is 0 Å². The number of amides is 1. The van der Waals surface area contributed by atoms with Crippen molar-refractivity contribution in [2.45, 2.75) is 13.0 Å². The van der Waals surface area contributed by atoms with Crippen molar-refractivity contribution in [1.29, 1.82) is 0 Å². The molecule has 0 aromatic carbocycles. The van der Waals surface area contributed by atoms with Crippen molar-refractivity contribution in [2.24, 2.45) is 0 Å².